The topological polar surface area (TPSA) is 47.6 Å². The van der Waals surface area contributed by atoms with Gasteiger partial charge in [0.2, 0.25) is 0 Å². The minimum absolute atomic E-state index is 0.479. The summed E-state index contributed by atoms with van der Waals surface area (Å²) in [4.78, 5) is 0. The lowest BCUT2D eigenvalue weighted by Gasteiger charge is -2.29. The van der Waals surface area contributed by atoms with Crippen molar-refractivity contribution in [1.29, 1.82) is 0 Å². The van der Waals surface area contributed by atoms with Crippen LogP contribution in [-0.2, 0) is 4.57 Å². The van der Waals surface area contributed by atoms with Crippen molar-refractivity contribution in [3.63, 3.8) is 0 Å². The van der Waals surface area contributed by atoms with Crippen LogP contribution in [0, 0.1) is 0 Å². The molecular weight excluding hydrogens is 393 g/mol. The number of anilines is 1. The van der Waals surface area contributed by atoms with Gasteiger partial charge in [-0.1, -0.05) is 84.9 Å². The second kappa shape index (κ2) is 9.34. The smallest absolute Gasteiger partial charge is 0.414 e. The predicted octanol–water partition coefficient (Wildman–Crippen LogP) is 7.15. The van der Waals surface area contributed by atoms with Crippen LogP contribution in [0.25, 0.3) is 0 Å². The number of hydrogen-bond donors (Lipinski definition) is 1. The summed E-state index contributed by atoms with van der Waals surface area (Å²) in [7, 11) is -3.77. The van der Waals surface area contributed by atoms with Gasteiger partial charge in [-0.05, 0) is 42.0 Å². The average molecular weight is 415 g/mol. The van der Waals surface area contributed by atoms with E-state index in [0.717, 1.165) is 11.3 Å². The molecule has 1 N–H and O–H groups in total. The molecule has 0 aliphatic heterocycles. The number of hydrogen-bond acceptors (Lipinski definition) is 4. The Morgan fingerprint density at radius 3 is 1.43 bits per heavy atom. The van der Waals surface area contributed by atoms with Crippen molar-refractivity contribution in [2.24, 2.45) is 0 Å². The number of para-hydroxylation sites is 3. The summed E-state index contributed by atoms with van der Waals surface area (Å²) in [5.41, 5.74) is 1.62. The van der Waals surface area contributed by atoms with Gasteiger partial charge in [0.25, 0.3) is 0 Å². The van der Waals surface area contributed by atoms with E-state index in [1.165, 1.54) is 0 Å². The Balaban J connectivity index is 1.78. The van der Waals surface area contributed by atoms with E-state index in [2.05, 4.69) is 5.32 Å². The molecule has 0 aliphatic carbocycles. The van der Waals surface area contributed by atoms with Crippen LogP contribution in [0.5, 0.6) is 11.5 Å². The summed E-state index contributed by atoms with van der Waals surface area (Å²) >= 11 is 0. The first-order chi connectivity index (χ1) is 14.7. The van der Waals surface area contributed by atoms with Crippen molar-refractivity contribution in [3.05, 3.63) is 127 Å². The normalized spacial score (nSPS) is 12.0. The van der Waals surface area contributed by atoms with Crippen molar-refractivity contribution in [2.45, 2.75) is 5.78 Å². The van der Waals surface area contributed by atoms with Crippen molar-refractivity contribution < 1.29 is 13.6 Å². The summed E-state index contributed by atoms with van der Waals surface area (Å²) in [6.07, 6.45) is 0. The summed E-state index contributed by atoms with van der Waals surface area (Å²) in [6, 6.07) is 37.4. The van der Waals surface area contributed by atoms with Gasteiger partial charge in [0.1, 0.15) is 11.5 Å². The summed E-state index contributed by atoms with van der Waals surface area (Å²) in [6.45, 7) is 0. The van der Waals surface area contributed by atoms with E-state index in [1.807, 2.05) is 97.1 Å². The van der Waals surface area contributed by atoms with Crippen molar-refractivity contribution in [1.82, 2.24) is 0 Å². The highest BCUT2D eigenvalue weighted by molar-refractivity contribution is 7.55. The van der Waals surface area contributed by atoms with Crippen LogP contribution in [0.4, 0.5) is 5.69 Å². The fourth-order valence-corrected chi connectivity index (χ4v) is 4.98. The fourth-order valence-electron chi connectivity index (χ4n) is 3.05. The highest BCUT2D eigenvalue weighted by Crippen LogP contribution is 2.60. The van der Waals surface area contributed by atoms with Crippen LogP contribution in [0.2, 0.25) is 0 Å². The molecule has 1 atom stereocenters. The van der Waals surface area contributed by atoms with Crippen molar-refractivity contribution in [3.8, 4) is 11.5 Å². The lowest BCUT2D eigenvalue weighted by atomic mass is 10.2. The van der Waals surface area contributed by atoms with Gasteiger partial charge < -0.3 is 14.4 Å². The molecule has 0 heterocycles. The Kier molecular flexibility index (Phi) is 6.17. The molecule has 0 unspecified atom stereocenters. The van der Waals surface area contributed by atoms with Crippen LogP contribution in [0.15, 0.2) is 121 Å². The summed E-state index contributed by atoms with van der Waals surface area (Å²) in [5, 5.41) is 3.36. The molecule has 4 rings (SSSR count). The number of nitrogens with one attached hydrogen (secondary N) is 1. The molecule has 0 radical (unpaired) electrons. The standard InChI is InChI=1S/C25H22NO3P/c27-30(28-23-17-9-3-10-18-23,29-24-19-11-4-12-20-24)25(21-13-5-1-6-14-21)26-22-15-7-2-8-16-22/h1-20,25-26H/t25-/m1/s1. The van der Waals surface area contributed by atoms with Crippen molar-refractivity contribution in [2.75, 3.05) is 5.32 Å². The lowest BCUT2D eigenvalue weighted by Crippen LogP contribution is -2.18. The Morgan fingerprint density at radius 1 is 0.567 bits per heavy atom. The van der Waals surface area contributed by atoms with Gasteiger partial charge in [0, 0.05) is 5.69 Å². The van der Waals surface area contributed by atoms with Gasteiger partial charge in [-0.2, -0.15) is 0 Å². The zero-order valence-corrected chi connectivity index (χ0v) is 17.2. The minimum atomic E-state index is -3.77. The maximum absolute atomic E-state index is 14.4. The fraction of sp³-hybridized carbons (Fsp3) is 0.0400. The predicted molar refractivity (Wildman–Crippen MR) is 121 cm³/mol. The molecule has 4 aromatic rings. The van der Waals surface area contributed by atoms with Gasteiger partial charge in [-0.3, -0.25) is 0 Å². The second-order valence-corrected chi connectivity index (χ2v) is 8.63. The van der Waals surface area contributed by atoms with E-state index in [9.17, 15) is 4.57 Å². The van der Waals surface area contributed by atoms with Crippen LogP contribution < -0.4 is 14.4 Å². The van der Waals surface area contributed by atoms with Gasteiger partial charge in [0.15, 0.2) is 5.78 Å². The largest absolute Gasteiger partial charge is 0.457 e. The van der Waals surface area contributed by atoms with Crippen molar-refractivity contribution >= 4 is 13.3 Å². The third-order valence-corrected chi connectivity index (χ3v) is 6.45. The molecule has 30 heavy (non-hydrogen) atoms. The van der Waals surface area contributed by atoms with E-state index in [4.69, 9.17) is 9.05 Å². The third kappa shape index (κ3) is 4.91. The van der Waals surface area contributed by atoms with Gasteiger partial charge in [0.05, 0.1) is 0 Å². The molecule has 0 saturated heterocycles. The maximum atomic E-state index is 14.4. The van der Waals surface area contributed by atoms with E-state index in [1.54, 1.807) is 24.3 Å². The molecule has 4 aromatic carbocycles. The molecule has 150 valence electrons. The third-order valence-electron chi connectivity index (χ3n) is 4.46. The zero-order valence-electron chi connectivity index (χ0n) is 16.3. The molecule has 0 amide bonds. The molecule has 0 aliphatic rings. The Bertz CT molecular complexity index is 1040. The zero-order chi connectivity index (χ0) is 20.7. The van der Waals surface area contributed by atoms with E-state index in [0.29, 0.717) is 11.5 Å². The number of benzene rings is 4. The summed E-state index contributed by atoms with van der Waals surface area (Å²) < 4.78 is 26.5. The Hall–Kier alpha value is -3.49. The number of rotatable bonds is 8. The highest BCUT2D eigenvalue weighted by atomic mass is 31.2. The first-order valence-electron chi connectivity index (χ1n) is 9.68. The SMILES string of the molecule is O=P(Oc1ccccc1)(Oc1ccccc1)[C@@H](Nc1ccccc1)c1ccccc1. The first kappa shape index (κ1) is 19.8. The Morgan fingerprint density at radius 2 is 0.967 bits per heavy atom. The molecule has 0 fully saturated rings. The van der Waals surface area contributed by atoms with Crippen LogP contribution in [0.1, 0.15) is 11.3 Å². The van der Waals surface area contributed by atoms with Crippen LogP contribution in [0.3, 0.4) is 0 Å². The molecule has 0 aromatic heterocycles. The van der Waals surface area contributed by atoms with E-state index < -0.39 is 13.4 Å². The van der Waals surface area contributed by atoms with Gasteiger partial charge in [-0.25, -0.2) is 4.57 Å². The molecule has 0 spiro atoms. The molecule has 5 heteroatoms. The van der Waals surface area contributed by atoms with Crippen LogP contribution in [-0.4, -0.2) is 0 Å². The molecule has 0 bridgehead atoms. The lowest BCUT2D eigenvalue weighted by molar-refractivity contribution is 0.376. The Labute approximate surface area is 176 Å². The quantitative estimate of drug-likeness (QED) is 0.311. The van der Waals surface area contributed by atoms with E-state index >= 15 is 0 Å². The first-order valence-corrected chi connectivity index (χ1v) is 11.3. The molecule has 4 nitrogen and oxygen atoms in total. The van der Waals surface area contributed by atoms with Crippen LogP contribution >= 0.6 is 7.60 Å². The van der Waals surface area contributed by atoms with E-state index in [-0.39, 0.29) is 0 Å². The molecular formula is C25H22NO3P. The minimum Gasteiger partial charge on any atom is -0.414 e. The average Bonchev–Trinajstić information content (AvgIpc) is 2.80. The molecule has 0 saturated carbocycles. The highest BCUT2D eigenvalue weighted by Gasteiger charge is 2.41. The second-order valence-electron chi connectivity index (χ2n) is 6.67. The van der Waals surface area contributed by atoms with Gasteiger partial charge in [-0.15, -0.1) is 0 Å². The maximum Gasteiger partial charge on any atom is 0.457 e. The van der Waals surface area contributed by atoms with Gasteiger partial charge >= 0.3 is 7.60 Å². The monoisotopic (exact) mass is 415 g/mol. The summed E-state index contributed by atoms with van der Waals surface area (Å²) in [5.74, 6) is 0.238.